The molecule has 0 saturated heterocycles. The van der Waals surface area contributed by atoms with E-state index in [-0.39, 0.29) is 16.9 Å². The van der Waals surface area contributed by atoms with Crippen molar-refractivity contribution in [1.82, 2.24) is 9.78 Å². The highest BCUT2D eigenvalue weighted by Gasteiger charge is 2.16. The normalized spacial score (nSPS) is 10.5. The Morgan fingerprint density at radius 2 is 1.73 bits per heavy atom. The number of aromatic nitrogens is 2. The molecule has 9 heteroatoms. The lowest BCUT2D eigenvalue weighted by atomic mass is 10.0. The molecule has 0 aliphatic carbocycles. The molecule has 1 aromatic heterocycles. The molecule has 2 aromatic carbocycles. The number of halogens is 2. The van der Waals surface area contributed by atoms with Gasteiger partial charge in [0.1, 0.15) is 17.2 Å². The molecular formula is C17H13F2N5O2. The summed E-state index contributed by atoms with van der Waals surface area (Å²) in [6.45, 7) is 0. The van der Waals surface area contributed by atoms with E-state index in [1.54, 1.807) is 24.3 Å². The fourth-order valence-electron chi connectivity index (χ4n) is 2.41. The smallest absolute Gasteiger partial charge is 0.317 e. The van der Waals surface area contributed by atoms with Gasteiger partial charge in [0, 0.05) is 17.8 Å². The summed E-state index contributed by atoms with van der Waals surface area (Å²) < 4.78 is 28.2. The number of amides is 3. The number of primary amides is 2. The molecule has 0 aliphatic heterocycles. The van der Waals surface area contributed by atoms with Gasteiger partial charge in [-0.3, -0.25) is 10.1 Å². The van der Waals surface area contributed by atoms with E-state index < -0.39 is 23.6 Å². The predicted octanol–water partition coefficient (Wildman–Crippen LogP) is 2.41. The van der Waals surface area contributed by atoms with Gasteiger partial charge in [-0.25, -0.2) is 18.3 Å². The highest BCUT2D eigenvalue weighted by molar-refractivity contribution is 6.01. The molecule has 0 unspecified atom stereocenters. The standard InChI is InChI=1S/C17H13F2N5O2/c18-10-3-6-12(14(19)7-10)9-1-4-11(5-2-9)24-8-13(15(20)25)16(23-24)22-17(21)26/h1-8H,(H2,20,25)(H3,21,22,23,26). The van der Waals surface area contributed by atoms with Crippen molar-refractivity contribution < 1.29 is 18.4 Å². The Balaban J connectivity index is 1.96. The molecule has 0 atom stereocenters. The van der Waals surface area contributed by atoms with Crippen LogP contribution in [0, 0.1) is 11.6 Å². The van der Waals surface area contributed by atoms with Crippen molar-refractivity contribution in [3.05, 3.63) is 65.9 Å². The van der Waals surface area contributed by atoms with Crippen molar-refractivity contribution in [2.75, 3.05) is 5.32 Å². The van der Waals surface area contributed by atoms with Gasteiger partial charge >= 0.3 is 6.03 Å². The van der Waals surface area contributed by atoms with E-state index in [0.29, 0.717) is 11.3 Å². The second-order valence-electron chi connectivity index (χ2n) is 5.36. The van der Waals surface area contributed by atoms with Gasteiger partial charge in [0.15, 0.2) is 5.82 Å². The number of urea groups is 1. The topological polar surface area (TPSA) is 116 Å². The Morgan fingerprint density at radius 1 is 1.04 bits per heavy atom. The Hall–Kier alpha value is -3.75. The van der Waals surface area contributed by atoms with Crippen molar-refractivity contribution in [1.29, 1.82) is 0 Å². The lowest BCUT2D eigenvalue weighted by Crippen LogP contribution is -2.22. The molecule has 1 heterocycles. The molecule has 0 saturated carbocycles. The number of hydrogen-bond acceptors (Lipinski definition) is 3. The van der Waals surface area contributed by atoms with E-state index in [0.717, 1.165) is 6.07 Å². The highest BCUT2D eigenvalue weighted by atomic mass is 19.1. The SMILES string of the molecule is NC(=O)Nc1nn(-c2ccc(-c3ccc(F)cc3F)cc2)cc1C(N)=O. The molecule has 0 spiro atoms. The Labute approximate surface area is 146 Å². The summed E-state index contributed by atoms with van der Waals surface area (Å²) in [7, 11) is 0. The van der Waals surface area contributed by atoms with Gasteiger partial charge in [-0.05, 0) is 29.8 Å². The quantitative estimate of drug-likeness (QED) is 0.666. The first-order valence-corrected chi connectivity index (χ1v) is 7.37. The van der Waals surface area contributed by atoms with Crippen LogP contribution in [0.1, 0.15) is 10.4 Å². The van der Waals surface area contributed by atoms with Crippen LogP contribution in [0.4, 0.5) is 19.4 Å². The van der Waals surface area contributed by atoms with Crippen molar-refractivity contribution in [2.24, 2.45) is 11.5 Å². The van der Waals surface area contributed by atoms with E-state index >= 15 is 0 Å². The van der Waals surface area contributed by atoms with Gasteiger partial charge in [-0.2, -0.15) is 0 Å². The number of benzene rings is 2. The van der Waals surface area contributed by atoms with Gasteiger partial charge < -0.3 is 11.5 Å². The zero-order valence-electron chi connectivity index (χ0n) is 13.2. The van der Waals surface area contributed by atoms with E-state index in [1.807, 2.05) is 0 Å². The van der Waals surface area contributed by atoms with Crippen LogP contribution in [0.3, 0.4) is 0 Å². The summed E-state index contributed by atoms with van der Waals surface area (Å²) in [4.78, 5) is 22.5. The molecule has 0 aliphatic rings. The van der Waals surface area contributed by atoms with E-state index in [2.05, 4.69) is 10.4 Å². The molecule has 3 rings (SSSR count). The van der Waals surface area contributed by atoms with Crippen molar-refractivity contribution >= 4 is 17.8 Å². The van der Waals surface area contributed by atoms with Crippen molar-refractivity contribution in [3.8, 4) is 16.8 Å². The summed E-state index contributed by atoms with van der Waals surface area (Å²) in [5.74, 6) is -2.20. The fraction of sp³-hybridized carbons (Fsp3) is 0. The molecule has 0 fully saturated rings. The molecule has 132 valence electrons. The molecule has 3 aromatic rings. The fourth-order valence-corrected chi connectivity index (χ4v) is 2.41. The molecule has 7 nitrogen and oxygen atoms in total. The molecule has 0 radical (unpaired) electrons. The minimum atomic E-state index is -0.889. The molecule has 26 heavy (non-hydrogen) atoms. The highest BCUT2D eigenvalue weighted by Crippen LogP contribution is 2.25. The van der Waals surface area contributed by atoms with Crippen LogP contribution in [0.5, 0.6) is 0 Å². The summed E-state index contributed by atoms with van der Waals surface area (Å²) in [6.07, 6.45) is 1.33. The van der Waals surface area contributed by atoms with E-state index in [9.17, 15) is 18.4 Å². The van der Waals surface area contributed by atoms with Crippen LogP contribution in [0.25, 0.3) is 16.8 Å². The van der Waals surface area contributed by atoms with Crippen LogP contribution >= 0.6 is 0 Å². The number of carbonyl (C=O) groups excluding carboxylic acids is 2. The lowest BCUT2D eigenvalue weighted by molar-refractivity contribution is 0.100. The minimum Gasteiger partial charge on any atom is -0.365 e. The Morgan fingerprint density at radius 3 is 2.31 bits per heavy atom. The molecule has 0 bridgehead atoms. The Kier molecular flexibility index (Phi) is 4.36. The molecule has 3 amide bonds. The predicted molar refractivity (Wildman–Crippen MR) is 90.6 cm³/mol. The van der Waals surface area contributed by atoms with Crippen LogP contribution in [-0.2, 0) is 0 Å². The van der Waals surface area contributed by atoms with E-state index in [4.69, 9.17) is 11.5 Å². The van der Waals surface area contributed by atoms with Gasteiger partial charge in [0.25, 0.3) is 5.91 Å². The molecule has 5 N–H and O–H groups in total. The number of nitrogens with one attached hydrogen (secondary N) is 1. The third kappa shape index (κ3) is 3.36. The summed E-state index contributed by atoms with van der Waals surface area (Å²) >= 11 is 0. The van der Waals surface area contributed by atoms with Crippen molar-refractivity contribution in [2.45, 2.75) is 0 Å². The minimum absolute atomic E-state index is 0.0162. The zero-order valence-corrected chi connectivity index (χ0v) is 13.2. The third-order valence-electron chi connectivity index (χ3n) is 3.60. The first kappa shape index (κ1) is 17.1. The number of rotatable bonds is 4. The van der Waals surface area contributed by atoms with Crippen LogP contribution in [0.15, 0.2) is 48.7 Å². The maximum atomic E-state index is 13.9. The van der Waals surface area contributed by atoms with Gasteiger partial charge in [0.2, 0.25) is 0 Å². The van der Waals surface area contributed by atoms with Crippen LogP contribution < -0.4 is 16.8 Å². The monoisotopic (exact) mass is 357 g/mol. The molecular weight excluding hydrogens is 344 g/mol. The van der Waals surface area contributed by atoms with Crippen LogP contribution in [-0.4, -0.2) is 21.7 Å². The first-order valence-electron chi connectivity index (χ1n) is 7.37. The zero-order chi connectivity index (χ0) is 18.8. The van der Waals surface area contributed by atoms with Crippen LogP contribution in [0.2, 0.25) is 0 Å². The van der Waals surface area contributed by atoms with E-state index in [1.165, 1.54) is 23.0 Å². The average molecular weight is 357 g/mol. The second kappa shape index (κ2) is 6.63. The number of hydrogen-bond donors (Lipinski definition) is 3. The summed E-state index contributed by atoms with van der Waals surface area (Å²) in [5.41, 5.74) is 11.6. The van der Waals surface area contributed by atoms with Gasteiger partial charge in [-0.15, -0.1) is 5.10 Å². The number of carbonyl (C=O) groups is 2. The first-order chi connectivity index (χ1) is 12.3. The summed E-state index contributed by atoms with van der Waals surface area (Å²) in [5, 5.41) is 6.27. The third-order valence-corrected chi connectivity index (χ3v) is 3.60. The van der Waals surface area contributed by atoms with Gasteiger partial charge in [0.05, 0.1) is 5.69 Å². The number of nitrogens with two attached hydrogens (primary N) is 2. The summed E-state index contributed by atoms with van der Waals surface area (Å²) in [6, 6.07) is 8.87. The maximum absolute atomic E-state index is 13.9. The van der Waals surface area contributed by atoms with Gasteiger partial charge in [-0.1, -0.05) is 12.1 Å². The Bertz CT molecular complexity index is 999. The van der Waals surface area contributed by atoms with Crippen molar-refractivity contribution in [3.63, 3.8) is 0 Å². The number of anilines is 1. The lowest BCUT2D eigenvalue weighted by Gasteiger charge is -2.06. The average Bonchev–Trinajstić information content (AvgIpc) is 2.98. The second-order valence-corrected chi connectivity index (χ2v) is 5.36. The number of nitrogens with zero attached hydrogens (tertiary/aromatic N) is 2. The maximum Gasteiger partial charge on any atom is 0.317 e. The largest absolute Gasteiger partial charge is 0.365 e.